The predicted octanol–water partition coefficient (Wildman–Crippen LogP) is 2.12. The van der Waals surface area contributed by atoms with E-state index in [1.54, 1.807) is 29.2 Å². The van der Waals surface area contributed by atoms with Crippen LogP contribution in [0.4, 0.5) is 5.69 Å². The van der Waals surface area contributed by atoms with Gasteiger partial charge in [0, 0.05) is 37.8 Å². The van der Waals surface area contributed by atoms with Gasteiger partial charge in [-0.1, -0.05) is 23.7 Å². The largest absolute Gasteiger partial charge is 0.345 e. The van der Waals surface area contributed by atoms with Gasteiger partial charge in [-0.25, -0.2) is 0 Å². The van der Waals surface area contributed by atoms with Crippen molar-refractivity contribution in [2.45, 2.75) is 12.8 Å². The highest BCUT2D eigenvalue weighted by molar-refractivity contribution is 6.30. The number of aromatic nitrogens is 2. The van der Waals surface area contributed by atoms with E-state index in [2.05, 4.69) is 10.2 Å². The number of aromatic amines is 1. The molecule has 6 nitrogen and oxygen atoms in total. The van der Waals surface area contributed by atoms with E-state index in [1.165, 1.54) is 0 Å². The van der Waals surface area contributed by atoms with Gasteiger partial charge in [-0.15, -0.1) is 0 Å². The lowest BCUT2D eigenvalue weighted by Crippen LogP contribution is -2.35. The highest BCUT2D eigenvalue weighted by Gasteiger charge is 2.36. The number of anilines is 1. The normalized spacial score (nSPS) is 17.3. The molecular weight excluding hydrogens is 328 g/mol. The Morgan fingerprint density at radius 1 is 1.42 bits per heavy atom. The van der Waals surface area contributed by atoms with Gasteiger partial charge in [-0.3, -0.25) is 14.7 Å². The molecule has 7 heteroatoms. The van der Waals surface area contributed by atoms with E-state index < -0.39 is 0 Å². The Hall–Kier alpha value is -2.34. The van der Waals surface area contributed by atoms with Gasteiger partial charge in [0.1, 0.15) is 0 Å². The lowest BCUT2D eigenvalue weighted by Gasteiger charge is -2.21. The molecule has 1 aliphatic heterocycles. The molecule has 0 spiro atoms. The van der Waals surface area contributed by atoms with Gasteiger partial charge in [-0.05, 0) is 24.1 Å². The third-order valence-electron chi connectivity index (χ3n) is 4.30. The third-order valence-corrected chi connectivity index (χ3v) is 4.55. The van der Waals surface area contributed by atoms with Gasteiger partial charge >= 0.3 is 0 Å². The Morgan fingerprint density at radius 2 is 2.17 bits per heavy atom. The van der Waals surface area contributed by atoms with Crippen molar-refractivity contribution in [3.8, 4) is 0 Å². The number of amides is 2. The average Bonchev–Trinajstić information content (AvgIpc) is 3.22. The first kappa shape index (κ1) is 16.5. The Kier molecular flexibility index (Phi) is 4.85. The summed E-state index contributed by atoms with van der Waals surface area (Å²) in [6.45, 7) is 1.01. The van der Waals surface area contributed by atoms with E-state index in [0.717, 1.165) is 12.0 Å². The lowest BCUT2D eigenvalue weighted by molar-refractivity contribution is -0.134. The zero-order valence-corrected chi connectivity index (χ0v) is 14.2. The molecule has 1 aliphatic rings. The summed E-state index contributed by atoms with van der Waals surface area (Å²) in [4.78, 5) is 28.0. The number of hydrogen-bond donors (Lipinski definition) is 1. The van der Waals surface area contributed by atoms with Crippen molar-refractivity contribution in [2.75, 3.05) is 25.0 Å². The summed E-state index contributed by atoms with van der Waals surface area (Å²) >= 11 is 5.87. The molecule has 1 saturated heterocycles. The molecule has 0 saturated carbocycles. The number of benzene rings is 1. The smallest absolute Gasteiger partial charge is 0.227 e. The number of hydrogen-bond acceptors (Lipinski definition) is 3. The van der Waals surface area contributed by atoms with E-state index in [9.17, 15) is 9.59 Å². The minimum absolute atomic E-state index is 0.00306. The third kappa shape index (κ3) is 3.59. The molecule has 1 aromatic heterocycles. The standard InChI is InChI=1S/C17H19ClN4O2/c1-21(7-6-12-2-4-14(18)5-3-12)17(24)13-8-16(23)22(11-13)15-9-19-20-10-15/h2-5,9-10,13H,6-8,11H2,1H3,(H,19,20)/t13-/m0/s1. The molecule has 2 aromatic rings. The fourth-order valence-corrected chi connectivity index (χ4v) is 3.01. The van der Waals surface area contributed by atoms with Crippen LogP contribution in [0.3, 0.4) is 0 Å². The summed E-state index contributed by atoms with van der Waals surface area (Å²) < 4.78 is 0. The Morgan fingerprint density at radius 3 is 2.83 bits per heavy atom. The van der Waals surface area contributed by atoms with Crippen LogP contribution in [0.2, 0.25) is 5.02 Å². The minimum atomic E-state index is -0.303. The van der Waals surface area contributed by atoms with Crippen molar-refractivity contribution >= 4 is 29.1 Å². The first-order valence-corrected chi connectivity index (χ1v) is 8.21. The maximum absolute atomic E-state index is 12.6. The molecule has 1 atom stereocenters. The number of nitrogens with zero attached hydrogens (tertiary/aromatic N) is 3. The summed E-state index contributed by atoms with van der Waals surface area (Å²) in [6, 6.07) is 7.61. The van der Waals surface area contributed by atoms with Crippen molar-refractivity contribution in [3.63, 3.8) is 0 Å². The van der Waals surface area contributed by atoms with Crippen LogP contribution in [0.25, 0.3) is 0 Å². The molecule has 0 bridgehead atoms. The van der Waals surface area contributed by atoms with Crippen molar-refractivity contribution in [1.82, 2.24) is 15.1 Å². The SMILES string of the molecule is CN(CCc1ccc(Cl)cc1)C(=O)[C@H]1CC(=O)N(c2cn[nH]c2)C1. The quantitative estimate of drug-likeness (QED) is 0.901. The second kappa shape index (κ2) is 7.05. The Balaban J connectivity index is 1.56. The average molecular weight is 347 g/mol. The highest BCUT2D eigenvalue weighted by atomic mass is 35.5. The van der Waals surface area contributed by atoms with Crippen molar-refractivity contribution < 1.29 is 9.59 Å². The predicted molar refractivity (Wildman–Crippen MR) is 91.8 cm³/mol. The molecule has 2 heterocycles. The van der Waals surface area contributed by atoms with E-state index >= 15 is 0 Å². The molecule has 0 radical (unpaired) electrons. The number of carbonyl (C=O) groups is 2. The van der Waals surface area contributed by atoms with Crippen LogP contribution < -0.4 is 4.90 Å². The second-order valence-electron chi connectivity index (χ2n) is 6.00. The van der Waals surface area contributed by atoms with Crippen LogP contribution in [0.5, 0.6) is 0 Å². The monoisotopic (exact) mass is 346 g/mol. The maximum atomic E-state index is 12.6. The van der Waals surface area contributed by atoms with Gasteiger partial charge in [-0.2, -0.15) is 5.10 Å². The van der Waals surface area contributed by atoms with Gasteiger partial charge in [0.15, 0.2) is 0 Å². The zero-order chi connectivity index (χ0) is 17.1. The van der Waals surface area contributed by atoms with Crippen molar-refractivity contribution in [1.29, 1.82) is 0 Å². The first-order chi connectivity index (χ1) is 11.5. The number of likely N-dealkylation sites (N-methyl/N-ethyl adjacent to an activating group) is 1. The van der Waals surface area contributed by atoms with Crippen LogP contribution in [0.1, 0.15) is 12.0 Å². The summed E-state index contributed by atoms with van der Waals surface area (Å²) in [5.74, 6) is -0.341. The van der Waals surface area contributed by atoms with Gasteiger partial charge in [0.2, 0.25) is 11.8 Å². The van der Waals surface area contributed by atoms with Gasteiger partial charge < -0.3 is 9.80 Å². The first-order valence-electron chi connectivity index (χ1n) is 7.83. The topological polar surface area (TPSA) is 69.3 Å². The zero-order valence-electron chi connectivity index (χ0n) is 13.4. The summed E-state index contributed by atoms with van der Waals surface area (Å²) in [7, 11) is 1.78. The second-order valence-corrected chi connectivity index (χ2v) is 6.43. The molecule has 24 heavy (non-hydrogen) atoms. The molecular formula is C17H19ClN4O2. The summed E-state index contributed by atoms with van der Waals surface area (Å²) in [5, 5.41) is 7.24. The van der Waals surface area contributed by atoms with Gasteiger partial charge in [0.25, 0.3) is 0 Å². The number of nitrogens with one attached hydrogen (secondary N) is 1. The van der Waals surface area contributed by atoms with E-state index in [-0.39, 0.29) is 24.2 Å². The van der Waals surface area contributed by atoms with E-state index in [4.69, 9.17) is 11.6 Å². The summed E-state index contributed by atoms with van der Waals surface area (Å²) in [5.41, 5.74) is 1.83. The van der Waals surface area contributed by atoms with Crippen LogP contribution >= 0.6 is 11.6 Å². The molecule has 2 amide bonds. The van der Waals surface area contributed by atoms with Crippen molar-refractivity contribution in [3.05, 3.63) is 47.2 Å². The van der Waals surface area contributed by atoms with Crippen LogP contribution in [0, 0.1) is 5.92 Å². The fraction of sp³-hybridized carbons (Fsp3) is 0.353. The summed E-state index contributed by atoms with van der Waals surface area (Å²) in [6.07, 6.45) is 4.25. The fourth-order valence-electron chi connectivity index (χ4n) is 2.88. The molecule has 3 rings (SSSR count). The molecule has 1 N–H and O–H groups in total. The van der Waals surface area contributed by atoms with Crippen molar-refractivity contribution in [2.24, 2.45) is 5.92 Å². The van der Waals surface area contributed by atoms with E-state index in [0.29, 0.717) is 23.8 Å². The number of halogens is 1. The highest BCUT2D eigenvalue weighted by Crippen LogP contribution is 2.25. The Bertz CT molecular complexity index is 715. The van der Waals surface area contributed by atoms with E-state index in [1.807, 2.05) is 24.3 Å². The van der Waals surface area contributed by atoms with Gasteiger partial charge in [0.05, 0.1) is 17.8 Å². The molecule has 1 aromatic carbocycles. The molecule has 0 unspecified atom stereocenters. The van der Waals surface area contributed by atoms with Crippen LogP contribution in [-0.4, -0.2) is 47.0 Å². The maximum Gasteiger partial charge on any atom is 0.227 e. The molecule has 0 aliphatic carbocycles. The molecule has 126 valence electrons. The Labute approximate surface area is 145 Å². The molecule has 1 fully saturated rings. The lowest BCUT2D eigenvalue weighted by atomic mass is 10.1. The number of carbonyl (C=O) groups excluding carboxylic acids is 2. The number of rotatable bonds is 5. The van der Waals surface area contributed by atoms with Crippen LogP contribution in [-0.2, 0) is 16.0 Å². The van der Waals surface area contributed by atoms with Crippen LogP contribution in [0.15, 0.2) is 36.7 Å². The minimum Gasteiger partial charge on any atom is -0.345 e. The number of H-pyrrole nitrogens is 1.